The summed E-state index contributed by atoms with van der Waals surface area (Å²) in [5.41, 5.74) is -3.61. The van der Waals surface area contributed by atoms with Gasteiger partial charge in [0.15, 0.2) is 0 Å². The fourth-order valence-electron chi connectivity index (χ4n) is 4.61. The van der Waals surface area contributed by atoms with Gasteiger partial charge in [-0.05, 0) is 12.8 Å². The van der Waals surface area contributed by atoms with Gasteiger partial charge in [0.25, 0.3) is 5.56 Å². The van der Waals surface area contributed by atoms with Crippen molar-refractivity contribution in [2.24, 2.45) is 0 Å². The summed E-state index contributed by atoms with van der Waals surface area (Å²) in [6.07, 6.45) is -4.64. The van der Waals surface area contributed by atoms with Crippen LogP contribution < -0.4 is 15.4 Å². The third kappa shape index (κ3) is 6.31. The molecule has 1 saturated carbocycles. The Labute approximate surface area is 207 Å². The maximum Gasteiger partial charge on any atom is 0.421 e. The van der Waals surface area contributed by atoms with E-state index in [2.05, 4.69) is 15.1 Å². The lowest BCUT2D eigenvalue weighted by atomic mass is 10.1. The molecule has 0 unspecified atom stereocenters. The van der Waals surface area contributed by atoms with E-state index in [-0.39, 0.29) is 36.7 Å². The number of nitrogens with one attached hydrogen (secondary N) is 1. The van der Waals surface area contributed by atoms with Crippen molar-refractivity contribution in [2.75, 3.05) is 42.5 Å². The number of H-pyrrole nitrogens is 1. The van der Waals surface area contributed by atoms with Crippen LogP contribution in [-0.4, -0.2) is 69.7 Å². The second-order valence-corrected chi connectivity index (χ2v) is 8.99. The minimum Gasteiger partial charge on any atom is -0.352 e. The van der Waals surface area contributed by atoms with E-state index in [1.54, 1.807) is 14.7 Å². The molecule has 0 bridgehead atoms. The van der Waals surface area contributed by atoms with Gasteiger partial charge in [0.1, 0.15) is 11.4 Å². The van der Waals surface area contributed by atoms with E-state index < -0.39 is 29.0 Å². The van der Waals surface area contributed by atoms with Gasteiger partial charge in [-0.1, -0.05) is 12.8 Å². The van der Waals surface area contributed by atoms with Crippen LogP contribution in [0.15, 0.2) is 23.3 Å². The van der Waals surface area contributed by atoms with Crippen LogP contribution in [-0.2, 0) is 17.1 Å². The number of piperazine rings is 1. The van der Waals surface area contributed by atoms with Crippen LogP contribution in [0.5, 0.6) is 0 Å². The van der Waals surface area contributed by atoms with Gasteiger partial charge in [0.05, 0.1) is 5.56 Å². The number of aromatic amines is 1. The fourth-order valence-corrected chi connectivity index (χ4v) is 4.61. The van der Waals surface area contributed by atoms with Crippen LogP contribution in [0.25, 0.3) is 0 Å². The van der Waals surface area contributed by atoms with Crippen LogP contribution in [0.1, 0.15) is 43.2 Å². The molecule has 9 nitrogen and oxygen atoms in total. The van der Waals surface area contributed by atoms with Gasteiger partial charge in [0, 0.05) is 63.6 Å². The van der Waals surface area contributed by atoms with Crippen LogP contribution >= 0.6 is 0 Å². The summed E-state index contributed by atoms with van der Waals surface area (Å²) in [6.45, 7) is 1.35. The number of hydrogen-bond donors (Lipinski definition) is 1. The molecular formula is C22H25F6N7O2. The van der Waals surface area contributed by atoms with E-state index in [0.717, 1.165) is 31.7 Å². The van der Waals surface area contributed by atoms with Gasteiger partial charge in [-0.25, -0.2) is 15.1 Å². The van der Waals surface area contributed by atoms with Gasteiger partial charge in [0.2, 0.25) is 11.9 Å². The van der Waals surface area contributed by atoms with Gasteiger partial charge >= 0.3 is 12.4 Å². The average Bonchev–Trinajstić information content (AvgIpc) is 3.38. The highest BCUT2D eigenvalue weighted by Crippen LogP contribution is 2.31. The molecule has 0 aromatic carbocycles. The second-order valence-electron chi connectivity index (χ2n) is 8.99. The molecule has 0 atom stereocenters. The highest BCUT2D eigenvalue weighted by Gasteiger charge is 2.36. The van der Waals surface area contributed by atoms with E-state index >= 15 is 0 Å². The summed E-state index contributed by atoms with van der Waals surface area (Å²) < 4.78 is 77.9. The molecule has 37 heavy (non-hydrogen) atoms. The predicted octanol–water partition coefficient (Wildman–Crippen LogP) is 3.09. The van der Waals surface area contributed by atoms with Crippen molar-refractivity contribution in [1.29, 1.82) is 0 Å². The normalized spacial score (nSPS) is 17.4. The van der Waals surface area contributed by atoms with Crippen molar-refractivity contribution >= 4 is 17.7 Å². The maximum absolute atomic E-state index is 13.3. The number of aromatic nitrogens is 4. The Morgan fingerprint density at radius 2 is 1.62 bits per heavy atom. The Kier molecular flexibility index (Phi) is 7.59. The molecule has 2 aromatic rings. The highest BCUT2D eigenvalue weighted by molar-refractivity contribution is 5.77. The molecule has 1 N–H and O–H groups in total. The zero-order valence-electron chi connectivity index (χ0n) is 19.6. The van der Waals surface area contributed by atoms with Gasteiger partial charge < -0.3 is 14.7 Å². The molecular weight excluding hydrogens is 508 g/mol. The number of hydrogen-bond acceptors (Lipinski definition) is 7. The predicted molar refractivity (Wildman–Crippen MR) is 120 cm³/mol. The number of nitrogens with zero attached hydrogens (tertiary/aromatic N) is 6. The minimum atomic E-state index is -4.83. The number of carbonyl (C=O) groups is 1. The molecule has 0 spiro atoms. The van der Waals surface area contributed by atoms with E-state index in [1.165, 1.54) is 0 Å². The lowest BCUT2D eigenvalue weighted by molar-refractivity contribution is -0.139. The first kappa shape index (κ1) is 26.7. The molecule has 0 radical (unpaired) electrons. The Hall–Kier alpha value is -3.39. The van der Waals surface area contributed by atoms with Gasteiger partial charge in [-0.3, -0.25) is 9.59 Å². The van der Waals surface area contributed by atoms with E-state index in [1.807, 2.05) is 5.10 Å². The number of anilines is 2. The quantitative estimate of drug-likeness (QED) is 0.570. The number of carbonyl (C=O) groups excluding carboxylic acids is 1. The molecule has 15 heteroatoms. The molecule has 2 aliphatic rings. The standard InChI is InChI=1S/C22H25F6N7O2/c23-21(24,25)14-12-29-20(30-13-14)34-9-7-33(8-10-34)18(36)5-6-35(15-3-1-2-4-15)17-11-16(22(26,27)28)19(37)32-31-17/h11-13,15H,1-10H2,(H,32,37). The molecule has 3 heterocycles. The summed E-state index contributed by atoms with van der Waals surface area (Å²) in [5, 5.41) is 5.74. The Balaban J connectivity index is 1.38. The topological polar surface area (TPSA) is 98.3 Å². The number of rotatable bonds is 6. The molecule has 1 aliphatic heterocycles. The molecule has 1 amide bonds. The smallest absolute Gasteiger partial charge is 0.352 e. The summed E-state index contributed by atoms with van der Waals surface area (Å²) in [7, 11) is 0. The summed E-state index contributed by atoms with van der Waals surface area (Å²) in [5.74, 6) is -0.107. The van der Waals surface area contributed by atoms with E-state index in [4.69, 9.17) is 0 Å². The molecule has 2 fully saturated rings. The van der Waals surface area contributed by atoms with Crippen LogP contribution in [0.3, 0.4) is 0 Å². The number of alkyl halides is 6. The number of halogens is 6. The summed E-state index contributed by atoms with van der Waals surface area (Å²) in [6, 6.07) is 0.630. The zero-order valence-corrected chi connectivity index (χ0v) is 19.6. The lowest BCUT2D eigenvalue weighted by Crippen LogP contribution is -2.50. The van der Waals surface area contributed by atoms with Crippen molar-refractivity contribution < 1.29 is 31.1 Å². The molecule has 1 saturated heterocycles. The van der Waals surface area contributed by atoms with Gasteiger partial charge in [-0.15, -0.1) is 0 Å². The Morgan fingerprint density at radius 3 is 2.19 bits per heavy atom. The van der Waals surface area contributed by atoms with Crippen molar-refractivity contribution in [3.63, 3.8) is 0 Å². The van der Waals surface area contributed by atoms with E-state index in [0.29, 0.717) is 38.6 Å². The van der Waals surface area contributed by atoms with Crippen LogP contribution in [0.2, 0.25) is 0 Å². The first-order chi connectivity index (χ1) is 17.4. The SMILES string of the molecule is O=C(CCN(c1cc(C(F)(F)F)c(=O)[nH]n1)C1CCCC1)N1CCN(c2ncc(C(F)(F)F)cn2)CC1. The fraction of sp³-hybridized carbons (Fsp3) is 0.591. The van der Waals surface area contributed by atoms with Crippen LogP contribution in [0, 0.1) is 0 Å². The third-order valence-electron chi connectivity index (χ3n) is 6.60. The van der Waals surface area contributed by atoms with Crippen LogP contribution in [0.4, 0.5) is 38.1 Å². The second kappa shape index (κ2) is 10.5. The molecule has 202 valence electrons. The summed E-state index contributed by atoms with van der Waals surface area (Å²) in [4.78, 5) is 37.0. The highest BCUT2D eigenvalue weighted by atomic mass is 19.4. The first-order valence-electron chi connectivity index (χ1n) is 11.8. The minimum absolute atomic E-state index is 0.0233. The molecule has 4 rings (SSSR count). The van der Waals surface area contributed by atoms with Crippen molar-refractivity contribution in [2.45, 2.75) is 50.5 Å². The van der Waals surface area contributed by atoms with Crippen molar-refractivity contribution in [3.05, 3.63) is 39.9 Å². The molecule has 1 aliphatic carbocycles. The lowest BCUT2D eigenvalue weighted by Gasteiger charge is -2.36. The number of amides is 1. The van der Waals surface area contributed by atoms with Gasteiger partial charge in [-0.2, -0.15) is 31.4 Å². The molecule has 2 aromatic heterocycles. The third-order valence-corrected chi connectivity index (χ3v) is 6.60. The first-order valence-corrected chi connectivity index (χ1v) is 11.8. The zero-order chi connectivity index (χ0) is 26.8. The average molecular weight is 533 g/mol. The largest absolute Gasteiger partial charge is 0.421 e. The monoisotopic (exact) mass is 533 g/mol. The maximum atomic E-state index is 13.3. The Bertz CT molecular complexity index is 1140. The van der Waals surface area contributed by atoms with E-state index in [9.17, 15) is 35.9 Å². The Morgan fingerprint density at radius 1 is 1.00 bits per heavy atom. The summed E-state index contributed by atoms with van der Waals surface area (Å²) >= 11 is 0. The van der Waals surface area contributed by atoms with Crippen molar-refractivity contribution in [3.8, 4) is 0 Å². The van der Waals surface area contributed by atoms with Crippen molar-refractivity contribution in [1.82, 2.24) is 25.1 Å².